The van der Waals surface area contributed by atoms with Crippen LogP contribution in [0.15, 0.2) is 47.3 Å². The summed E-state index contributed by atoms with van der Waals surface area (Å²) in [6, 6.07) is 12.5. The number of phenolic OH excluding ortho intramolecular Hbond substituents is 1. The van der Waals surface area contributed by atoms with Crippen LogP contribution in [0.1, 0.15) is 5.56 Å². The van der Waals surface area contributed by atoms with E-state index in [1.165, 1.54) is 17.9 Å². The summed E-state index contributed by atoms with van der Waals surface area (Å²) in [4.78, 5) is 12.7. The molecule has 0 bridgehead atoms. The third-order valence-corrected chi connectivity index (χ3v) is 4.32. The van der Waals surface area contributed by atoms with E-state index in [0.29, 0.717) is 16.3 Å². The van der Waals surface area contributed by atoms with Crippen LogP contribution in [0.3, 0.4) is 0 Å². The van der Waals surface area contributed by atoms with Crippen LogP contribution in [0.2, 0.25) is 0 Å². The third-order valence-electron chi connectivity index (χ3n) is 3.60. The number of benzene rings is 2. The summed E-state index contributed by atoms with van der Waals surface area (Å²) in [6.07, 6.45) is 1.71. The lowest BCUT2D eigenvalue weighted by molar-refractivity contribution is 0.373. The summed E-state index contributed by atoms with van der Waals surface area (Å²) in [5.74, 6) is 0.401. The van der Waals surface area contributed by atoms with Crippen LogP contribution in [-0.4, -0.2) is 22.0 Å². The van der Waals surface area contributed by atoms with Gasteiger partial charge in [0, 0.05) is 3.57 Å². The van der Waals surface area contributed by atoms with Crippen molar-refractivity contribution in [1.82, 2.24) is 9.78 Å². The van der Waals surface area contributed by atoms with E-state index >= 15 is 0 Å². The Bertz CT molecular complexity index is 1050. The number of nitrogens with zero attached hydrogens (tertiary/aromatic N) is 1. The zero-order chi connectivity index (χ0) is 17.3. The van der Waals surface area contributed by atoms with Gasteiger partial charge in [-0.15, -0.1) is 0 Å². The van der Waals surface area contributed by atoms with Crippen LogP contribution >= 0.6 is 22.6 Å². The quantitative estimate of drug-likeness (QED) is 0.618. The van der Waals surface area contributed by atoms with Gasteiger partial charge in [0.2, 0.25) is 0 Å². The van der Waals surface area contributed by atoms with Crippen LogP contribution in [0.5, 0.6) is 11.5 Å². The molecular formula is C18H15IN2O3. The number of H-pyrrole nitrogens is 1. The van der Waals surface area contributed by atoms with Crippen LogP contribution < -0.4 is 20.9 Å². The molecule has 2 N–H and O–H groups in total. The molecule has 0 amide bonds. The van der Waals surface area contributed by atoms with Crippen molar-refractivity contribution in [2.75, 3.05) is 7.11 Å². The van der Waals surface area contributed by atoms with E-state index in [0.717, 1.165) is 14.8 Å². The molecule has 0 spiro atoms. The molecule has 5 nitrogen and oxygen atoms in total. The van der Waals surface area contributed by atoms with Crippen molar-refractivity contribution < 1.29 is 9.84 Å². The monoisotopic (exact) mass is 434 g/mol. The lowest BCUT2D eigenvalue weighted by Crippen LogP contribution is -2.33. The molecule has 0 saturated heterocycles. The van der Waals surface area contributed by atoms with Gasteiger partial charge in [0.25, 0.3) is 5.56 Å². The number of hydrogen-bond donors (Lipinski definition) is 2. The highest BCUT2D eigenvalue weighted by Gasteiger charge is 2.06. The van der Waals surface area contributed by atoms with E-state index in [1.807, 2.05) is 24.3 Å². The number of ether oxygens (including phenoxy) is 1. The van der Waals surface area contributed by atoms with Gasteiger partial charge in [0.1, 0.15) is 0 Å². The molecule has 0 unspecified atom stereocenters. The van der Waals surface area contributed by atoms with Crippen LogP contribution in [0.25, 0.3) is 18.3 Å². The van der Waals surface area contributed by atoms with E-state index in [1.54, 1.807) is 18.2 Å². The number of phenols is 1. The maximum atomic E-state index is 12.7. The Kier molecular flexibility index (Phi) is 4.48. The number of rotatable bonds is 3. The molecule has 1 aromatic heterocycles. The predicted octanol–water partition coefficient (Wildman–Crippen LogP) is 1.72. The zero-order valence-corrected chi connectivity index (χ0v) is 15.1. The maximum absolute atomic E-state index is 12.7. The fraction of sp³-hybridized carbons (Fsp3) is 0.0556. The first kappa shape index (κ1) is 16.4. The molecule has 3 aromatic rings. The molecule has 2 aromatic carbocycles. The van der Waals surface area contributed by atoms with E-state index in [2.05, 4.69) is 34.3 Å². The van der Waals surface area contributed by atoms with E-state index in [-0.39, 0.29) is 11.3 Å². The molecule has 0 fully saturated rings. The Balaban J connectivity index is 2.15. The molecule has 24 heavy (non-hydrogen) atoms. The topological polar surface area (TPSA) is 67.2 Å². The van der Waals surface area contributed by atoms with Crippen LogP contribution in [0, 0.1) is 3.57 Å². The minimum atomic E-state index is -0.187. The van der Waals surface area contributed by atoms with Crippen LogP contribution in [-0.2, 0) is 0 Å². The molecule has 6 heteroatoms. The number of aromatic hydroxyl groups is 1. The minimum Gasteiger partial charge on any atom is -0.504 e. The van der Waals surface area contributed by atoms with Gasteiger partial charge in [-0.1, -0.05) is 12.6 Å². The van der Waals surface area contributed by atoms with Gasteiger partial charge in [-0.05, 0) is 70.6 Å². The average molecular weight is 434 g/mol. The molecule has 0 aliphatic carbocycles. The molecule has 0 aliphatic rings. The second kappa shape index (κ2) is 6.56. The highest BCUT2D eigenvalue weighted by atomic mass is 127. The predicted molar refractivity (Wildman–Crippen MR) is 102 cm³/mol. The van der Waals surface area contributed by atoms with Crippen molar-refractivity contribution in [3.05, 3.63) is 72.5 Å². The van der Waals surface area contributed by atoms with Gasteiger partial charge in [-0.2, -0.15) is 0 Å². The summed E-state index contributed by atoms with van der Waals surface area (Å²) >= 11 is 2.21. The number of halogens is 1. The fourth-order valence-corrected chi connectivity index (χ4v) is 2.73. The smallest absolute Gasteiger partial charge is 0.279 e. The summed E-state index contributed by atoms with van der Waals surface area (Å²) in [6.45, 7) is 3.91. The fourth-order valence-electron chi connectivity index (χ4n) is 2.37. The SMILES string of the molecule is C=c1[nH]n(-c2ccc(I)cc2)c(=O)c1=Cc1ccc(O)c(OC)c1. The Morgan fingerprint density at radius 3 is 2.62 bits per heavy atom. The van der Waals surface area contributed by atoms with Crippen molar-refractivity contribution in [3.63, 3.8) is 0 Å². The summed E-state index contributed by atoms with van der Waals surface area (Å²) in [5, 5.41) is 13.6. The molecule has 0 radical (unpaired) electrons. The Labute approximate surface area is 151 Å². The number of aromatic nitrogens is 2. The van der Waals surface area contributed by atoms with Crippen molar-refractivity contribution >= 4 is 35.2 Å². The minimum absolute atomic E-state index is 0.0508. The van der Waals surface area contributed by atoms with Gasteiger partial charge in [-0.25, -0.2) is 4.68 Å². The highest BCUT2D eigenvalue weighted by molar-refractivity contribution is 14.1. The largest absolute Gasteiger partial charge is 0.504 e. The molecule has 1 heterocycles. The first-order valence-electron chi connectivity index (χ1n) is 7.14. The van der Waals surface area contributed by atoms with E-state index < -0.39 is 0 Å². The summed E-state index contributed by atoms with van der Waals surface area (Å²) in [5.41, 5.74) is 1.29. The molecular weight excluding hydrogens is 419 g/mol. The average Bonchev–Trinajstić information content (AvgIpc) is 2.85. The van der Waals surface area contributed by atoms with Crippen molar-refractivity contribution in [1.29, 1.82) is 0 Å². The number of nitrogens with one attached hydrogen (secondary N) is 1. The zero-order valence-electron chi connectivity index (χ0n) is 12.9. The number of hydrogen-bond acceptors (Lipinski definition) is 3. The Morgan fingerprint density at radius 2 is 1.96 bits per heavy atom. The first-order chi connectivity index (χ1) is 11.5. The van der Waals surface area contributed by atoms with Crippen molar-refractivity contribution in [3.8, 4) is 17.2 Å². The normalized spacial score (nSPS) is 11.7. The maximum Gasteiger partial charge on any atom is 0.279 e. The van der Waals surface area contributed by atoms with Crippen LogP contribution in [0.4, 0.5) is 0 Å². The van der Waals surface area contributed by atoms with E-state index in [9.17, 15) is 9.90 Å². The molecule has 0 aliphatic heterocycles. The second-order valence-electron chi connectivity index (χ2n) is 5.20. The Hall–Kier alpha value is -2.48. The molecule has 0 atom stereocenters. The first-order valence-corrected chi connectivity index (χ1v) is 8.22. The van der Waals surface area contributed by atoms with E-state index in [4.69, 9.17) is 4.74 Å². The van der Waals surface area contributed by atoms with Gasteiger partial charge in [0.15, 0.2) is 11.5 Å². The lowest BCUT2D eigenvalue weighted by Gasteiger charge is -2.03. The molecule has 0 saturated carbocycles. The number of methoxy groups -OCH3 is 1. The van der Waals surface area contributed by atoms with Crippen molar-refractivity contribution in [2.45, 2.75) is 0 Å². The second-order valence-corrected chi connectivity index (χ2v) is 6.44. The standard InChI is InChI=1S/C18H15IN2O3/c1-11-15(9-12-3-8-16(22)17(10-12)24-2)18(23)21(20-11)14-6-4-13(19)5-7-14/h3-10,20,22H,1H2,2H3. The van der Waals surface area contributed by atoms with Gasteiger partial charge >= 0.3 is 0 Å². The highest BCUT2D eigenvalue weighted by Crippen LogP contribution is 2.26. The Morgan fingerprint density at radius 1 is 1.25 bits per heavy atom. The van der Waals surface area contributed by atoms with Gasteiger partial charge in [-0.3, -0.25) is 9.89 Å². The lowest BCUT2D eigenvalue weighted by atomic mass is 10.1. The third kappa shape index (κ3) is 3.09. The van der Waals surface area contributed by atoms with Crippen molar-refractivity contribution in [2.24, 2.45) is 0 Å². The summed E-state index contributed by atoms with van der Waals surface area (Å²) in [7, 11) is 1.48. The summed E-state index contributed by atoms with van der Waals surface area (Å²) < 4.78 is 7.64. The molecule has 3 rings (SSSR count). The van der Waals surface area contributed by atoms with Gasteiger partial charge < -0.3 is 9.84 Å². The number of aromatic amines is 1. The molecule has 122 valence electrons. The van der Waals surface area contributed by atoms with Gasteiger partial charge in [0.05, 0.1) is 23.4 Å².